The fraction of sp³-hybridized carbons (Fsp3) is 0.733. The topological polar surface area (TPSA) is 121 Å². The van der Waals surface area contributed by atoms with E-state index in [9.17, 15) is 30.6 Å². The molecule has 122 valence electrons. The molecule has 0 aromatic heterocycles. The molecule has 0 unspecified atom stereocenters. The molecule has 0 aliphatic heterocycles. The van der Waals surface area contributed by atoms with Crippen LogP contribution >= 0.6 is 0 Å². The summed E-state index contributed by atoms with van der Waals surface area (Å²) in [5, 5.41) is 61.9. The SMILES string of the molecule is C=CC[C@@](O)(CO)[C@]1(O)C(C)(C)[C@@]1(O)[C@](O)(CO)CC=C. The molecule has 1 rings (SSSR count). The average molecular weight is 302 g/mol. The van der Waals surface area contributed by atoms with E-state index in [4.69, 9.17) is 0 Å². The Labute approximate surface area is 124 Å². The summed E-state index contributed by atoms with van der Waals surface area (Å²) in [6.07, 6.45) is 2.21. The zero-order chi connectivity index (χ0) is 16.7. The predicted molar refractivity (Wildman–Crippen MR) is 77.4 cm³/mol. The highest BCUT2D eigenvalue weighted by Gasteiger charge is 2.93. The molecule has 0 bridgehead atoms. The van der Waals surface area contributed by atoms with Crippen LogP contribution in [0.2, 0.25) is 0 Å². The summed E-state index contributed by atoms with van der Waals surface area (Å²) in [5.41, 5.74) is -10.0. The highest BCUT2D eigenvalue weighted by atomic mass is 16.5. The molecule has 1 aliphatic carbocycles. The van der Waals surface area contributed by atoms with Crippen LogP contribution in [-0.4, -0.2) is 66.3 Å². The quantitative estimate of drug-likeness (QED) is 0.323. The van der Waals surface area contributed by atoms with Gasteiger partial charge in [-0.15, -0.1) is 13.2 Å². The molecule has 0 amide bonds. The van der Waals surface area contributed by atoms with E-state index in [1.165, 1.54) is 26.0 Å². The third-order valence-electron chi connectivity index (χ3n) is 5.10. The van der Waals surface area contributed by atoms with Crippen molar-refractivity contribution in [3.63, 3.8) is 0 Å². The van der Waals surface area contributed by atoms with Crippen LogP contribution in [0.4, 0.5) is 0 Å². The average Bonchev–Trinajstić information content (AvgIpc) is 2.81. The Balaban J connectivity index is 3.45. The molecule has 0 saturated heterocycles. The van der Waals surface area contributed by atoms with Gasteiger partial charge < -0.3 is 30.6 Å². The first-order valence-electron chi connectivity index (χ1n) is 6.82. The van der Waals surface area contributed by atoms with Crippen molar-refractivity contribution in [2.24, 2.45) is 5.41 Å². The van der Waals surface area contributed by atoms with Crippen molar-refractivity contribution in [1.29, 1.82) is 0 Å². The molecule has 6 nitrogen and oxygen atoms in total. The Morgan fingerprint density at radius 2 is 1.14 bits per heavy atom. The number of hydrogen-bond donors (Lipinski definition) is 6. The van der Waals surface area contributed by atoms with E-state index >= 15 is 0 Å². The van der Waals surface area contributed by atoms with E-state index in [1.54, 1.807) is 0 Å². The van der Waals surface area contributed by atoms with Crippen LogP contribution in [0.1, 0.15) is 26.7 Å². The monoisotopic (exact) mass is 302 g/mol. The standard InChI is InChI=1S/C15H26O6/c1-5-7-12(18,9-16)14(20)11(3,4)15(14,21)13(19,10-17)8-6-2/h5-6,16-21H,1-2,7-10H2,3-4H3/t12-,13-,14-,15-/m1/s1. The van der Waals surface area contributed by atoms with Crippen LogP contribution in [0.25, 0.3) is 0 Å². The van der Waals surface area contributed by atoms with E-state index in [0.717, 1.165) is 0 Å². The lowest BCUT2D eigenvalue weighted by Gasteiger charge is -2.39. The fourth-order valence-corrected chi connectivity index (χ4v) is 3.80. The van der Waals surface area contributed by atoms with Crippen molar-refractivity contribution in [3.05, 3.63) is 25.3 Å². The van der Waals surface area contributed by atoms with E-state index in [2.05, 4.69) is 13.2 Å². The second-order valence-corrected chi connectivity index (χ2v) is 6.41. The van der Waals surface area contributed by atoms with Gasteiger partial charge in [0.05, 0.1) is 13.2 Å². The van der Waals surface area contributed by atoms with Gasteiger partial charge in [0, 0.05) is 5.41 Å². The van der Waals surface area contributed by atoms with Gasteiger partial charge >= 0.3 is 0 Å². The van der Waals surface area contributed by atoms with Gasteiger partial charge in [-0.05, 0) is 12.8 Å². The number of aliphatic hydroxyl groups is 6. The van der Waals surface area contributed by atoms with Crippen LogP contribution < -0.4 is 0 Å². The largest absolute Gasteiger partial charge is 0.393 e. The van der Waals surface area contributed by atoms with Crippen molar-refractivity contribution in [3.8, 4) is 0 Å². The Hall–Kier alpha value is -0.760. The number of hydrogen-bond acceptors (Lipinski definition) is 6. The highest BCUT2D eigenvalue weighted by molar-refractivity contribution is 5.43. The van der Waals surface area contributed by atoms with Crippen LogP contribution in [-0.2, 0) is 0 Å². The van der Waals surface area contributed by atoms with Gasteiger partial charge in [0.2, 0.25) is 0 Å². The molecule has 6 heteroatoms. The first kappa shape index (κ1) is 18.3. The van der Waals surface area contributed by atoms with Crippen molar-refractivity contribution in [2.75, 3.05) is 13.2 Å². The maximum absolute atomic E-state index is 10.9. The Kier molecular flexibility index (Phi) is 4.49. The lowest BCUT2D eigenvalue weighted by atomic mass is 9.81. The molecule has 0 spiro atoms. The smallest absolute Gasteiger partial charge is 0.136 e. The van der Waals surface area contributed by atoms with Gasteiger partial charge in [0.15, 0.2) is 0 Å². The van der Waals surface area contributed by atoms with Crippen molar-refractivity contribution in [1.82, 2.24) is 0 Å². The number of rotatable bonds is 8. The minimum Gasteiger partial charge on any atom is -0.393 e. The van der Waals surface area contributed by atoms with Gasteiger partial charge in [0.25, 0.3) is 0 Å². The van der Waals surface area contributed by atoms with Gasteiger partial charge in [-0.2, -0.15) is 0 Å². The molecular formula is C15H26O6. The summed E-state index contributed by atoms with van der Waals surface area (Å²) < 4.78 is 0. The summed E-state index contributed by atoms with van der Waals surface area (Å²) in [5.74, 6) is 0. The van der Waals surface area contributed by atoms with E-state index in [0.29, 0.717) is 0 Å². The Bertz CT molecular complexity index is 398. The minimum absolute atomic E-state index is 0.193. The van der Waals surface area contributed by atoms with E-state index in [-0.39, 0.29) is 12.8 Å². The molecule has 0 aromatic carbocycles. The molecule has 1 fully saturated rings. The first-order chi connectivity index (χ1) is 9.49. The second kappa shape index (κ2) is 5.15. The van der Waals surface area contributed by atoms with Crippen LogP contribution in [0, 0.1) is 5.41 Å². The molecule has 0 heterocycles. The van der Waals surface area contributed by atoms with Gasteiger partial charge in [0.1, 0.15) is 22.4 Å². The minimum atomic E-state index is -2.23. The molecule has 6 N–H and O–H groups in total. The van der Waals surface area contributed by atoms with Crippen molar-refractivity contribution >= 4 is 0 Å². The maximum atomic E-state index is 10.9. The summed E-state index contributed by atoms with van der Waals surface area (Å²) in [6.45, 7) is 8.13. The Morgan fingerprint density at radius 3 is 1.33 bits per heavy atom. The van der Waals surface area contributed by atoms with Gasteiger partial charge in [-0.1, -0.05) is 26.0 Å². The zero-order valence-corrected chi connectivity index (χ0v) is 12.6. The van der Waals surface area contributed by atoms with Crippen LogP contribution in [0.3, 0.4) is 0 Å². The molecule has 0 aromatic rings. The van der Waals surface area contributed by atoms with Gasteiger partial charge in [-0.3, -0.25) is 0 Å². The number of aliphatic hydroxyl groups excluding tert-OH is 2. The lowest BCUT2D eigenvalue weighted by molar-refractivity contribution is -0.202. The van der Waals surface area contributed by atoms with Crippen molar-refractivity contribution in [2.45, 2.75) is 49.1 Å². The first-order valence-corrected chi connectivity index (χ1v) is 6.82. The summed E-state index contributed by atoms with van der Waals surface area (Å²) >= 11 is 0. The van der Waals surface area contributed by atoms with Crippen LogP contribution in [0.15, 0.2) is 25.3 Å². The fourth-order valence-electron chi connectivity index (χ4n) is 3.80. The normalized spacial score (nSPS) is 36.4. The third kappa shape index (κ3) is 1.81. The second-order valence-electron chi connectivity index (χ2n) is 6.41. The molecule has 1 aliphatic rings. The third-order valence-corrected chi connectivity index (χ3v) is 5.10. The highest BCUT2D eigenvalue weighted by Crippen LogP contribution is 2.73. The Morgan fingerprint density at radius 1 is 0.857 bits per heavy atom. The van der Waals surface area contributed by atoms with E-state index < -0.39 is 41.0 Å². The molecule has 21 heavy (non-hydrogen) atoms. The van der Waals surface area contributed by atoms with Crippen molar-refractivity contribution < 1.29 is 30.6 Å². The molecule has 4 atom stereocenters. The summed E-state index contributed by atoms with van der Waals surface area (Å²) in [4.78, 5) is 0. The van der Waals surface area contributed by atoms with Gasteiger partial charge in [-0.25, -0.2) is 0 Å². The molecule has 1 saturated carbocycles. The predicted octanol–water partition coefficient (Wildman–Crippen LogP) is -0.913. The zero-order valence-electron chi connectivity index (χ0n) is 12.6. The lowest BCUT2D eigenvalue weighted by Crippen LogP contribution is -2.60. The maximum Gasteiger partial charge on any atom is 0.136 e. The molecular weight excluding hydrogens is 276 g/mol. The van der Waals surface area contributed by atoms with Crippen LogP contribution in [0.5, 0.6) is 0 Å². The summed E-state index contributed by atoms with van der Waals surface area (Å²) in [6, 6.07) is 0. The molecule has 0 radical (unpaired) electrons. The van der Waals surface area contributed by atoms with E-state index in [1.807, 2.05) is 0 Å². The summed E-state index contributed by atoms with van der Waals surface area (Å²) in [7, 11) is 0.